The van der Waals surface area contributed by atoms with Crippen LogP contribution in [-0.2, 0) is 4.79 Å². The molecule has 198 valence electrons. The number of likely N-dealkylation sites (tertiary alicyclic amines) is 1. The number of carbonyl (C=O) groups is 2. The summed E-state index contributed by atoms with van der Waals surface area (Å²) < 4.78 is 31.1. The molecule has 0 saturated carbocycles. The fourth-order valence-electron chi connectivity index (χ4n) is 5.35. The van der Waals surface area contributed by atoms with Crippen molar-refractivity contribution in [1.82, 2.24) is 24.9 Å². The number of hydrogen-bond donors (Lipinski definition) is 2. The summed E-state index contributed by atoms with van der Waals surface area (Å²) in [7, 11) is 0. The second kappa shape index (κ2) is 10.4. The second-order valence-electron chi connectivity index (χ2n) is 10.0. The van der Waals surface area contributed by atoms with E-state index >= 15 is 0 Å². The van der Waals surface area contributed by atoms with Gasteiger partial charge in [-0.3, -0.25) is 14.0 Å². The van der Waals surface area contributed by atoms with Crippen LogP contribution < -0.4 is 10.6 Å². The molecule has 7 nitrogen and oxygen atoms in total. The van der Waals surface area contributed by atoms with Crippen LogP contribution in [0.4, 0.5) is 8.78 Å². The van der Waals surface area contributed by atoms with E-state index in [9.17, 15) is 18.4 Å². The second-order valence-corrected chi connectivity index (χ2v) is 11.0. The maximum absolute atomic E-state index is 15.0. The highest BCUT2D eigenvalue weighted by Crippen LogP contribution is 2.32. The van der Waals surface area contributed by atoms with Crippen LogP contribution in [0.25, 0.3) is 26.4 Å². The molecule has 38 heavy (non-hydrogen) atoms. The Hall–Kier alpha value is -3.37. The molecule has 2 atom stereocenters. The van der Waals surface area contributed by atoms with E-state index in [0.717, 1.165) is 40.1 Å². The van der Waals surface area contributed by atoms with E-state index in [1.165, 1.54) is 11.3 Å². The van der Waals surface area contributed by atoms with Crippen LogP contribution >= 0.6 is 11.3 Å². The minimum atomic E-state index is -1.04. The van der Waals surface area contributed by atoms with Gasteiger partial charge < -0.3 is 15.5 Å². The summed E-state index contributed by atoms with van der Waals surface area (Å²) in [4.78, 5) is 31.6. The number of imidazole rings is 1. The topological polar surface area (TPSA) is 78.7 Å². The van der Waals surface area contributed by atoms with Gasteiger partial charge in [0.05, 0.1) is 22.3 Å². The first kappa shape index (κ1) is 24.9. The Labute approximate surface area is 222 Å². The van der Waals surface area contributed by atoms with E-state index in [0.29, 0.717) is 49.3 Å². The lowest BCUT2D eigenvalue weighted by molar-refractivity contribution is -0.135. The van der Waals surface area contributed by atoms with Crippen molar-refractivity contribution in [3.63, 3.8) is 0 Å². The minimum absolute atomic E-state index is 0.0442. The predicted octanol–water partition coefficient (Wildman–Crippen LogP) is 4.86. The SMILES string of the molecule is O=C(NCCCN1CCC(F)CC1=O)c1ccc2c(c1)sc1nc(-c3ccc([C@H]4CCCN4)cc3F)cn12. The summed E-state index contributed by atoms with van der Waals surface area (Å²) in [5.41, 5.74) is 3.47. The molecule has 2 aromatic heterocycles. The zero-order chi connectivity index (χ0) is 26.2. The van der Waals surface area contributed by atoms with Crippen molar-refractivity contribution in [2.24, 2.45) is 0 Å². The monoisotopic (exact) mass is 537 g/mol. The molecule has 0 aliphatic carbocycles. The number of nitrogens with zero attached hydrogens (tertiary/aromatic N) is 3. The van der Waals surface area contributed by atoms with Crippen LogP contribution in [0.5, 0.6) is 0 Å². The molecule has 1 unspecified atom stereocenters. The Morgan fingerprint density at radius 2 is 2.11 bits per heavy atom. The lowest BCUT2D eigenvalue weighted by Crippen LogP contribution is -2.41. The quantitative estimate of drug-likeness (QED) is 0.330. The molecule has 2 aromatic carbocycles. The minimum Gasteiger partial charge on any atom is -0.352 e. The van der Waals surface area contributed by atoms with Crippen LogP contribution in [0.2, 0.25) is 0 Å². The maximum Gasteiger partial charge on any atom is 0.251 e. The number of nitrogens with one attached hydrogen (secondary N) is 2. The van der Waals surface area contributed by atoms with Gasteiger partial charge in [-0.15, -0.1) is 0 Å². The van der Waals surface area contributed by atoms with Crippen molar-refractivity contribution in [2.45, 2.75) is 44.3 Å². The Bertz CT molecular complexity index is 1510. The van der Waals surface area contributed by atoms with Crippen LogP contribution in [0.3, 0.4) is 0 Å². The van der Waals surface area contributed by atoms with Gasteiger partial charge in [-0.05, 0) is 68.1 Å². The van der Waals surface area contributed by atoms with Gasteiger partial charge >= 0.3 is 0 Å². The van der Waals surface area contributed by atoms with Gasteiger partial charge in [0.1, 0.15) is 12.0 Å². The van der Waals surface area contributed by atoms with E-state index in [1.54, 1.807) is 23.1 Å². The van der Waals surface area contributed by atoms with Crippen molar-refractivity contribution in [2.75, 3.05) is 26.2 Å². The number of hydrogen-bond acceptors (Lipinski definition) is 5. The number of piperidine rings is 1. The van der Waals surface area contributed by atoms with Crippen LogP contribution in [0.15, 0.2) is 42.6 Å². The van der Waals surface area contributed by atoms with Gasteiger partial charge in [-0.2, -0.15) is 0 Å². The summed E-state index contributed by atoms with van der Waals surface area (Å²) in [6.45, 7) is 2.34. The van der Waals surface area contributed by atoms with Gasteiger partial charge in [-0.25, -0.2) is 13.8 Å². The van der Waals surface area contributed by atoms with E-state index in [1.807, 2.05) is 28.8 Å². The number of carbonyl (C=O) groups excluding carboxylic acids is 2. The molecule has 2 aliphatic heterocycles. The van der Waals surface area contributed by atoms with Crippen molar-refractivity contribution in [3.8, 4) is 11.3 Å². The number of fused-ring (bicyclic) bond motifs is 3. The fraction of sp³-hybridized carbons (Fsp3) is 0.393. The molecular formula is C28H29F2N5O2S. The molecule has 2 amide bonds. The number of alkyl halides is 1. The third-order valence-electron chi connectivity index (χ3n) is 7.44. The van der Waals surface area contributed by atoms with Gasteiger partial charge in [0.2, 0.25) is 5.91 Å². The molecule has 10 heteroatoms. The molecule has 4 heterocycles. The average molecular weight is 538 g/mol. The highest BCUT2D eigenvalue weighted by atomic mass is 32.1. The fourth-order valence-corrected chi connectivity index (χ4v) is 6.40. The lowest BCUT2D eigenvalue weighted by Gasteiger charge is -2.28. The predicted molar refractivity (Wildman–Crippen MR) is 144 cm³/mol. The average Bonchev–Trinajstić information content (AvgIpc) is 3.64. The molecule has 2 saturated heterocycles. The Kier molecular flexibility index (Phi) is 6.84. The molecule has 0 spiro atoms. The molecule has 2 fully saturated rings. The molecule has 2 N–H and O–H groups in total. The van der Waals surface area contributed by atoms with E-state index in [-0.39, 0.29) is 30.1 Å². The van der Waals surface area contributed by atoms with E-state index in [4.69, 9.17) is 0 Å². The van der Waals surface area contributed by atoms with Crippen LogP contribution in [-0.4, -0.2) is 58.4 Å². The van der Waals surface area contributed by atoms with Crippen LogP contribution in [0.1, 0.15) is 54.1 Å². The van der Waals surface area contributed by atoms with Crippen molar-refractivity contribution >= 4 is 38.3 Å². The number of halogens is 2. The summed E-state index contributed by atoms with van der Waals surface area (Å²) in [5, 5.41) is 6.30. The Morgan fingerprint density at radius 3 is 2.89 bits per heavy atom. The smallest absolute Gasteiger partial charge is 0.251 e. The Morgan fingerprint density at radius 1 is 1.21 bits per heavy atom. The zero-order valence-electron chi connectivity index (χ0n) is 20.9. The molecule has 0 radical (unpaired) electrons. The summed E-state index contributed by atoms with van der Waals surface area (Å²) in [6, 6.07) is 11.1. The third kappa shape index (κ3) is 4.90. The number of amides is 2. The molecule has 6 rings (SSSR count). The molecule has 2 aliphatic rings. The highest BCUT2D eigenvalue weighted by Gasteiger charge is 2.25. The molecule has 0 bridgehead atoms. The normalized spacial score (nSPS) is 20.1. The molecule has 4 aromatic rings. The maximum atomic E-state index is 15.0. The largest absolute Gasteiger partial charge is 0.352 e. The van der Waals surface area contributed by atoms with Crippen molar-refractivity contribution < 1.29 is 18.4 Å². The first-order valence-electron chi connectivity index (χ1n) is 13.1. The standard InChI is InChI=1S/C28H29F2N5O2S/c29-19-8-12-34(26(36)15-19)11-2-10-32-27(37)18-5-7-24-25(14-18)38-28-33-23(16-35(24)28)20-6-4-17(13-21(20)30)22-3-1-9-31-22/h4-7,13-14,16,19,22,31H,1-3,8-12,15H2,(H,32,37)/t19?,22-/m1/s1. The Balaban J connectivity index is 1.12. The van der Waals surface area contributed by atoms with Crippen molar-refractivity contribution in [3.05, 3.63) is 59.5 Å². The molecular weight excluding hydrogens is 508 g/mol. The number of aromatic nitrogens is 2. The zero-order valence-corrected chi connectivity index (χ0v) is 21.7. The lowest BCUT2D eigenvalue weighted by atomic mass is 10.0. The van der Waals surface area contributed by atoms with Gasteiger partial charge in [-0.1, -0.05) is 17.4 Å². The van der Waals surface area contributed by atoms with Gasteiger partial charge in [0.25, 0.3) is 5.91 Å². The summed E-state index contributed by atoms with van der Waals surface area (Å²) >= 11 is 1.45. The summed E-state index contributed by atoms with van der Waals surface area (Å²) in [6.07, 6.45) is 3.87. The van der Waals surface area contributed by atoms with Gasteiger partial charge in [0, 0.05) is 43.0 Å². The van der Waals surface area contributed by atoms with E-state index < -0.39 is 6.17 Å². The van der Waals surface area contributed by atoms with E-state index in [2.05, 4.69) is 15.6 Å². The first-order valence-corrected chi connectivity index (χ1v) is 13.9. The third-order valence-corrected chi connectivity index (χ3v) is 8.46. The number of benzene rings is 2. The first-order chi connectivity index (χ1) is 18.5. The number of rotatable bonds is 7. The number of thiazole rings is 1. The highest BCUT2D eigenvalue weighted by molar-refractivity contribution is 7.23. The van der Waals surface area contributed by atoms with Crippen LogP contribution in [0, 0.1) is 5.82 Å². The summed E-state index contributed by atoms with van der Waals surface area (Å²) in [5.74, 6) is -0.625. The van der Waals surface area contributed by atoms with Crippen molar-refractivity contribution in [1.29, 1.82) is 0 Å². The van der Waals surface area contributed by atoms with Gasteiger partial charge in [0.15, 0.2) is 4.96 Å².